The Bertz CT molecular complexity index is 1600. The molecule has 4 aromatic rings. The highest BCUT2D eigenvalue weighted by Crippen LogP contribution is 2.51. The molecule has 200 valence electrons. The van der Waals surface area contributed by atoms with Crippen molar-refractivity contribution in [2.75, 3.05) is 16.3 Å². The van der Waals surface area contributed by atoms with E-state index in [1.165, 1.54) is 0 Å². The van der Waals surface area contributed by atoms with Crippen LogP contribution in [0.2, 0.25) is 0 Å². The van der Waals surface area contributed by atoms with Crippen LogP contribution < -0.4 is 19.3 Å². The molecule has 0 amide bonds. The van der Waals surface area contributed by atoms with Gasteiger partial charge in [-0.15, -0.1) is 0 Å². The first kappa shape index (κ1) is 25.7. The summed E-state index contributed by atoms with van der Waals surface area (Å²) >= 11 is 3.58. The number of rotatable bonds is 8. The lowest BCUT2D eigenvalue weighted by molar-refractivity contribution is 0.213. The van der Waals surface area contributed by atoms with Crippen molar-refractivity contribution >= 4 is 49.7 Å². The molecule has 6 rings (SSSR count). The van der Waals surface area contributed by atoms with Crippen LogP contribution in [0.15, 0.2) is 89.4 Å². The van der Waals surface area contributed by atoms with Crippen molar-refractivity contribution in [3.63, 3.8) is 0 Å². The average Bonchev–Trinajstić information content (AvgIpc) is 2.93. The summed E-state index contributed by atoms with van der Waals surface area (Å²) in [5.41, 5.74) is 4.47. The molecule has 9 heteroatoms. The van der Waals surface area contributed by atoms with Crippen molar-refractivity contribution in [2.24, 2.45) is 0 Å². The van der Waals surface area contributed by atoms with Crippen molar-refractivity contribution in [3.8, 4) is 23.0 Å². The van der Waals surface area contributed by atoms with Crippen LogP contribution in [0.25, 0.3) is 0 Å². The first-order valence-corrected chi connectivity index (χ1v) is 14.8. The van der Waals surface area contributed by atoms with Gasteiger partial charge in [-0.3, -0.25) is 0 Å². The van der Waals surface area contributed by atoms with E-state index in [0.717, 1.165) is 57.1 Å². The van der Waals surface area contributed by atoms with Crippen LogP contribution in [0.4, 0.5) is 22.7 Å². The second-order valence-corrected chi connectivity index (χ2v) is 10.9. The van der Waals surface area contributed by atoms with Gasteiger partial charge in [-0.05, 0) is 60.5 Å². The molecule has 0 radical (unpaired) electrons. The van der Waals surface area contributed by atoms with E-state index in [2.05, 4.69) is 33.8 Å². The van der Waals surface area contributed by atoms with Crippen molar-refractivity contribution < 1.29 is 22.1 Å². The average molecular weight is 608 g/mol. The number of halogens is 1. The summed E-state index contributed by atoms with van der Waals surface area (Å²) in [6.07, 6.45) is 1.32. The Labute approximate surface area is 237 Å². The topological polar surface area (TPSA) is 68.3 Å². The third-order valence-electron chi connectivity index (χ3n) is 6.87. The number of hydrogen-bond donors (Lipinski definition) is 1. The lowest BCUT2D eigenvalue weighted by Crippen LogP contribution is -2.38. The molecule has 1 atom stereocenters. The molecule has 2 aliphatic rings. The number of anilines is 4. The number of nitrogens with zero attached hydrogens (tertiary/aromatic N) is 2. The van der Waals surface area contributed by atoms with Gasteiger partial charge in [0.25, 0.3) is 11.0 Å². The molecule has 0 bridgehead atoms. The van der Waals surface area contributed by atoms with E-state index in [1.54, 1.807) is 0 Å². The summed E-state index contributed by atoms with van der Waals surface area (Å²) in [6.45, 7) is 2.60. The fourth-order valence-electron chi connectivity index (χ4n) is 5.29. The maximum atomic E-state index is 12.1. The monoisotopic (exact) mass is 606 g/mol. The molecule has 0 aromatic heterocycles. The number of ether oxygens (including phenoxy) is 2. The van der Waals surface area contributed by atoms with Crippen LogP contribution in [0.5, 0.6) is 23.0 Å². The molecular weight excluding hydrogens is 580 g/mol. The van der Waals surface area contributed by atoms with Crippen LogP contribution in [-0.2, 0) is 21.6 Å². The summed E-state index contributed by atoms with van der Waals surface area (Å²) < 4.78 is 43.2. The van der Waals surface area contributed by atoms with Crippen molar-refractivity contribution in [2.45, 2.75) is 32.4 Å². The molecule has 0 N–H and O–H groups in total. The minimum absolute atomic E-state index is 0.373. The Morgan fingerprint density at radius 3 is 2.26 bits per heavy atom. The predicted molar refractivity (Wildman–Crippen MR) is 157 cm³/mol. The number of para-hydroxylation sites is 5. The number of benzene rings is 4. The van der Waals surface area contributed by atoms with Gasteiger partial charge >= 0.3 is 0 Å². The summed E-state index contributed by atoms with van der Waals surface area (Å²) in [7, 11) is -3.13. The lowest BCUT2D eigenvalue weighted by atomic mass is 10.0. The Morgan fingerprint density at radius 2 is 1.49 bits per heavy atom. The van der Waals surface area contributed by atoms with E-state index in [1.807, 2.05) is 83.8 Å². The molecule has 0 spiro atoms. The molecule has 2 heterocycles. The van der Waals surface area contributed by atoms with E-state index in [4.69, 9.17) is 13.7 Å². The van der Waals surface area contributed by atoms with E-state index in [9.17, 15) is 8.42 Å². The van der Waals surface area contributed by atoms with Crippen LogP contribution in [-0.4, -0.2) is 21.2 Å². The molecule has 0 aliphatic carbocycles. The molecule has 0 saturated heterocycles. The highest BCUT2D eigenvalue weighted by atomic mass is 79.9. The molecule has 39 heavy (non-hydrogen) atoms. The Balaban J connectivity index is 1.43. The Morgan fingerprint density at radius 1 is 0.821 bits per heavy atom. The zero-order valence-corrected chi connectivity index (χ0v) is 23.7. The molecule has 1 unspecified atom stereocenters. The van der Waals surface area contributed by atoms with E-state index < -0.39 is 17.2 Å². The number of thiol groups is 1. The smallest absolute Gasteiger partial charge is 0.259 e. The van der Waals surface area contributed by atoms with Gasteiger partial charge in [-0.25, -0.2) is 12.6 Å². The van der Waals surface area contributed by atoms with Gasteiger partial charge in [-0.1, -0.05) is 65.7 Å². The van der Waals surface area contributed by atoms with Gasteiger partial charge in [0, 0.05) is 17.4 Å². The van der Waals surface area contributed by atoms with Crippen molar-refractivity contribution in [1.82, 2.24) is 0 Å². The minimum atomic E-state index is -3.13. The van der Waals surface area contributed by atoms with Gasteiger partial charge in [0.15, 0.2) is 29.2 Å². The minimum Gasteiger partial charge on any atom is -0.453 e. The second kappa shape index (κ2) is 10.9. The molecule has 7 nitrogen and oxygen atoms in total. The van der Waals surface area contributed by atoms with E-state index in [0.29, 0.717) is 24.5 Å². The number of hydrogen-bond acceptors (Lipinski definition) is 7. The van der Waals surface area contributed by atoms with Gasteiger partial charge in [-0.2, -0.15) is 0 Å². The first-order chi connectivity index (χ1) is 19.0. The summed E-state index contributed by atoms with van der Waals surface area (Å²) in [6, 6.07) is 27.3. The fourth-order valence-corrected chi connectivity index (χ4v) is 6.03. The predicted octanol–water partition coefficient (Wildman–Crippen LogP) is 7.85. The summed E-state index contributed by atoms with van der Waals surface area (Å²) in [5.74, 6) is 2.81. The fraction of sp³-hybridized carbons (Fsp3) is 0.200. The SMILES string of the molecule is CCCc1cccc2c1N(C(CCN1c3ccccc3Oc3ccc(Br)cc31)O[SH](=O)=O)c1ccccc1O2. The molecule has 2 aliphatic heterocycles. The molecule has 0 saturated carbocycles. The summed E-state index contributed by atoms with van der Waals surface area (Å²) in [5, 5.41) is 0. The zero-order chi connectivity index (χ0) is 26.9. The van der Waals surface area contributed by atoms with Crippen LogP contribution >= 0.6 is 15.9 Å². The maximum absolute atomic E-state index is 12.1. The van der Waals surface area contributed by atoms with Gasteiger partial charge < -0.3 is 19.3 Å². The Kier molecular flexibility index (Phi) is 7.20. The van der Waals surface area contributed by atoms with Crippen molar-refractivity contribution in [3.05, 3.63) is 95.0 Å². The number of aryl methyl sites for hydroxylation is 1. The van der Waals surface area contributed by atoms with E-state index in [-0.39, 0.29) is 0 Å². The third-order valence-corrected chi connectivity index (χ3v) is 7.78. The quantitative estimate of drug-likeness (QED) is 0.205. The third kappa shape index (κ3) is 4.97. The molecular formula is C30H27BrN2O5S. The van der Waals surface area contributed by atoms with Crippen LogP contribution in [0, 0.1) is 0 Å². The van der Waals surface area contributed by atoms with Crippen LogP contribution in [0.3, 0.4) is 0 Å². The maximum Gasteiger partial charge on any atom is 0.259 e. The van der Waals surface area contributed by atoms with Gasteiger partial charge in [0.05, 0.1) is 22.7 Å². The Hall–Kier alpha value is -3.53. The first-order valence-electron chi connectivity index (χ1n) is 12.9. The standard InChI is InChI=1S/C30H27BrN2O5S/c1-2-8-20-9-7-14-28-30(20)33(23-11-4-6-13-26(23)37-28)29(38-39(34)35)17-18-32-22-10-3-5-12-25(22)36-27-16-15-21(31)19-24(27)32/h3-7,9-16,19,29,39H,2,8,17-18H2,1H3. The number of fused-ring (bicyclic) bond motifs is 4. The normalized spacial score (nSPS) is 14.0. The highest BCUT2D eigenvalue weighted by molar-refractivity contribution is 9.10. The van der Waals surface area contributed by atoms with E-state index >= 15 is 0 Å². The highest BCUT2D eigenvalue weighted by Gasteiger charge is 2.34. The molecule has 0 fully saturated rings. The largest absolute Gasteiger partial charge is 0.453 e. The van der Waals surface area contributed by atoms with Crippen molar-refractivity contribution in [1.29, 1.82) is 0 Å². The van der Waals surface area contributed by atoms with Gasteiger partial charge in [0.1, 0.15) is 0 Å². The van der Waals surface area contributed by atoms with Gasteiger partial charge in [0.2, 0.25) is 0 Å². The van der Waals surface area contributed by atoms with Crippen LogP contribution in [0.1, 0.15) is 25.3 Å². The lowest BCUT2D eigenvalue weighted by Gasteiger charge is -2.40. The zero-order valence-electron chi connectivity index (χ0n) is 21.2. The molecule has 4 aromatic carbocycles. The second-order valence-electron chi connectivity index (χ2n) is 9.36. The summed E-state index contributed by atoms with van der Waals surface area (Å²) in [4.78, 5) is 4.14.